The van der Waals surface area contributed by atoms with Gasteiger partial charge >= 0.3 is 5.97 Å². The fourth-order valence-electron chi connectivity index (χ4n) is 1.43. The lowest BCUT2D eigenvalue weighted by Crippen LogP contribution is -2.13. The molecule has 1 heterocycles. The van der Waals surface area contributed by atoms with E-state index in [1.807, 2.05) is 13.0 Å². The maximum atomic E-state index is 10.4. The zero-order valence-electron chi connectivity index (χ0n) is 8.65. The van der Waals surface area contributed by atoms with Gasteiger partial charge < -0.3 is 16.2 Å². The van der Waals surface area contributed by atoms with Crippen molar-refractivity contribution in [3.8, 4) is 0 Å². The number of aliphatic carboxylic acids is 1. The van der Waals surface area contributed by atoms with E-state index in [0.717, 1.165) is 15.2 Å². The van der Waals surface area contributed by atoms with Gasteiger partial charge in [0.2, 0.25) is 0 Å². The lowest BCUT2D eigenvalue weighted by Gasteiger charge is -2.06. The highest BCUT2D eigenvalue weighted by Gasteiger charge is 2.06. The molecule has 1 aromatic carbocycles. The van der Waals surface area contributed by atoms with Crippen molar-refractivity contribution in [1.29, 1.82) is 0 Å². The molecule has 1 aromatic heterocycles. The van der Waals surface area contributed by atoms with Crippen molar-refractivity contribution in [2.75, 3.05) is 17.6 Å². The first kappa shape index (κ1) is 10.7. The molecule has 84 valence electrons. The standard InChI is InChI=1S/C10H11N3O2S/c1-5-13-8-3-7(12-4-10(14)15)6(11)2-9(8)16-5/h2-3,12H,4,11H2,1H3,(H,14,15). The average molecular weight is 237 g/mol. The number of rotatable bonds is 3. The number of hydrogen-bond acceptors (Lipinski definition) is 5. The topological polar surface area (TPSA) is 88.2 Å². The quantitative estimate of drug-likeness (QED) is 0.707. The van der Waals surface area contributed by atoms with E-state index >= 15 is 0 Å². The number of nitrogens with one attached hydrogen (secondary N) is 1. The van der Waals surface area contributed by atoms with Crippen molar-refractivity contribution in [3.63, 3.8) is 0 Å². The summed E-state index contributed by atoms with van der Waals surface area (Å²) in [5, 5.41) is 12.3. The summed E-state index contributed by atoms with van der Waals surface area (Å²) in [6, 6.07) is 3.58. The fourth-order valence-corrected chi connectivity index (χ4v) is 2.29. The van der Waals surface area contributed by atoms with Crippen molar-refractivity contribution in [2.45, 2.75) is 6.92 Å². The summed E-state index contributed by atoms with van der Waals surface area (Å²) in [7, 11) is 0. The molecular formula is C10H11N3O2S. The fraction of sp³-hybridized carbons (Fsp3) is 0.200. The molecule has 0 spiro atoms. The van der Waals surface area contributed by atoms with Crippen molar-refractivity contribution in [2.24, 2.45) is 0 Å². The van der Waals surface area contributed by atoms with E-state index < -0.39 is 5.97 Å². The Morgan fingerprint density at radius 3 is 3.06 bits per heavy atom. The largest absolute Gasteiger partial charge is 0.480 e. The Balaban J connectivity index is 2.37. The maximum Gasteiger partial charge on any atom is 0.322 e. The Morgan fingerprint density at radius 1 is 1.62 bits per heavy atom. The second-order valence-corrected chi connectivity index (χ2v) is 4.62. The Morgan fingerprint density at radius 2 is 2.38 bits per heavy atom. The molecule has 0 unspecified atom stereocenters. The number of aryl methyl sites for hydroxylation is 1. The van der Waals surface area contributed by atoms with Crippen LogP contribution in [0.1, 0.15) is 5.01 Å². The first-order chi connectivity index (χ1) is 7.56. The lowest BCUT2D eigenvalue weighted by molar-refractivity contribution is -0.134. The predicted octanol–water partition coefficient (Wildman–Crippen LogP) is 1.68. The van der Waals surface area contributed by atoms with Gasteiger partial charge in [0, 0.05) is 0 Å². The van der Waals surface area contributed by atoms with Crippen molar-refractivity contribution in [3.05, 3.63) is 17.1 Å². The van der Waals surface area contributed by atoms with E-state index in [2.05, 4.69) is 10.3 Å². The highest BCUT2D eigenvalue weighted by molar-refractivity contribution is 7.18. The number of carbonyl (C=O) groups is 1. The smallest absolute Gasteiger partial charge is 0.322 e. The van der Waals surface area contributed by atoms with E-state index in [1.165, 1.54) is 0 Å². The minimum Gasteiger partial charge on any atom is -0.480 e. The van der Waals surface area contributed by atoms with Crippen molar-refractivity contribution < 1.29 is 9.90 Å². The van der Waals surface area contributed by atoms with Gasteiger partial charge in [-0.15, -0.1) is 11.3 Å². The number of carboxylic acids is 1. The molecule has 0 atom stereocenters. The summed E-state index contributed by atoms with van der Waals surface area (Å²) in [6.45, 7) is 1.77. The highest BCUT2D eigenvalue weighted by Crippen LogP contribution is 2.29. The molecule has 0 aliphatic rings. The number of fused-ring (bicyclic) bond motifs is 1. The molecule has 0 bridgehead atoms. The average Bonchev–Trinajstić information content (AvgIpc) is 2.53. The summed E-state index contributed by atoms with van der Waals surface area (Å²) in [6.07, 6.45) is 0. The van der Waals surface area contributed by atoms with Crippen LogP contribution in [0, 0.1) is 6.92 Å². The second-order valence-electron chi connectivity index (χ2n) is 3.39. The van der Waals surface area contributed by atoms with Crippen LogP contribution in [-0.2, 0) is 4.79 Å². The zero-order valence-corrected chi connectivity index (χ0v) is 9.47. The van der Waals surface area contributed by atoms with Gasteiger partial charge in [0.25, 0.3) is 0 Å². The number of hydrogen-bond donors (Lipinski definition) is 3. The highest BCUT2D eigenvalue weighted by atomic mass is 32.1. The number of nitrogen functional groups attached to an aromatic ring is 1. The van der Waals surface area contributed by atoms with E-state index in [9.17, 15) is 4.79 Å². The monoisotopic (exact) mass is 237 g/mol. The number of thiazole rings is 1. The first-order valence-corrected chi connectivity index (χ1v) is 5.50. The third-order valence-electron chi connectivity index (χ3n) is 2.10. The van der Waals surface area contributed by atoms with Gasteiger partial charge in [0.05, 0.1) is 26.6 Å². The normalized spacial score (nSPS) is 10.6. The van der Waals surface area contributed by atoms with Crippen LogP contribution < -0.4 is 11.1 Å². The third kappa shape index (κ3) is 2.06. The van der Waals surface area contributed by atoms with Crippen molar-refractivity contribution in [1.82, 2.24) is 4.98 Å². The van der Waals surface area contributed by atoms with Crippen LogP contribution in [0.2, 0.25) is 0 Å². The molecule has 2 aromatic rings. The van der Waals surface area contributed by atoms with E-state index in [0.29, 0.717) is 11.4 Å². The van der Waals surface area contributed by atoms with Gasteiger partial charge in [-0.3, -0.25) is 4.79 Å². The van der Waals surface area contributed by atoms with Crippen LogP contribution in [0.5, 0.6) is 0 Å². The number of nitrogens with zero attached hydrogens (tertiary/aromatic N) is 1. The Labute approximate surface area is 95.9 Å². The van der Waals surface area contributed by atoms with Crippen LogP contribution in [0.15, 0.2) is 12.1 Å². The van der Waals surface area contributed by atoms with Crippen LogP contribution >= 0.6 is 11.3 Å². The van der Waals surface area contributed by atoms with Crippen LogP contribution in [0.25, 0.3) is 10.2 Å². The molecule has 0 saturated heterocycles. The summed E-state index contributed by atoms with van der Waals surface area (Å²) in [5.41, 5.74) is 7.79. The summed E-state index contributed by atoms with van der Waals surface area (Å²) < 4.78 is 1.01. The van der Waals surface area contributed by atoms with Gasteiger partial charge in [-0.25, -0.2) is 4.98 Å². The van der Waals surface area contributed by atoms with Crippen LogP contribution in [-0.4, -0.2) is 22.6 Å². The molecule has 16 heavy (non-hydrogen) atoms. The van der Waals surface area contributed by atoms with Crippen molar-refractivity contribution >= 4 is 38.9 Å². The summed E-state index contributed by atoms with van der Waals surface area (Å²) >= 11 is 1.56. The third-order valence-corrected chi connectivity index (χ3v) is 3.03. The van der Waals surface area contributed by atoms with Gasteiger partial charge in [-0.2, -0.15) is 0 Å². The van der Waals surface area contributed by atoms with Crippen LogP contribution in [0.4, 0.5) is 11.4 Å². The van der Waals surface area contributed by atoms with Gasteiger partial charge in [0.15, 0.2) is 0 Å². The Bertz CT molecular complexity index is 550. The van der Waals surface area contributed by atoms with Gasteiger partial charge in [-0.05, 0) is 19.1 Å². The number of anilines is 2. The molecule has 0 radical (unpaired) electrons. The van der Waals surface area contributed by atoms with Gasteiger partial charge in [-0.1, -0.05) is 0 Å². The molecule has 0 aliphatic carbocycles. The molecule has 2 rings (SSSR count). The first-order valence-electron chi connectivity index (χ1n) is 4.68. The SMILES string of the molecule is Cc1nc2cc(NCC(=O)O)c(N)cc2s1. The van der Waals surface area contributed by atoms with Gasteiger partial charge in [0.1, 0.15) is 6.54 Å². The molecule has 4 N–H and O–H groups in total. The maximum absolute atomic E-state index is 10.4. The molecular weight excluding hydrogens is 226 g/mol. The molecule has 0 aliphatic heterocycles. The molecule has 5 nitrogen and oxygen atoms in total. The Kier molecular flexibility index (Phi) is 2.66. The minimum absolute atomic E-state index is 0.154. The second kappa shape index (κ2) is 3.97. The summed E-state index contributed by atoms with van der Waals surface area (Å²) in [4.78, 5) is 14.8. The molecule has 0 saturated carbocycles. The number of nitrogens with two attached hydrogens (primary N) is 1. The molecule has 6 heteroatoms. The number of carboxylic acid groups (broad SMARTS) is 1. The summed E-state index contributed by atoms with van der Waals surface area (Å²) in [5.74, 6) is -0.922. The van der Waals surface area contributed by atoms with E-state index in [1.54, 1.807) is 17.4 Å². The predicted molar refractivity (Wildman–Crippen MR) is 64.9 cm³/mol. The van der Waals surface area contributed by atoms with E-state index in [-0.39, 0.29) is 6.54 Å². The van der Waals surface area contributed by atoms with Crippen LogP contribution in [0.3, 0.4) is 0 Å². The minimum atomic E-state index is -0.922. The lowest BCUT2D eigenvalue weighted by atomic mass is 10.2. The number of aromatic nitrogens is 1. The van der Waals surface area contributed by atoms with E-state index in [4.69, 9.17) is 10.8 Å². The Hall–Kier alpha value is -1.82. The zero-order chi connectivity index (χ0) is 11.7. The number of benzene rings is 1. The molecule has 0 fully saturated rings. The molecule has 0 amide bonds.